The molecule has 2 rings (SSSR count). The maximum Gasteiger partial charge on any atom is 0.110 e. The lowest BCUT2D eigenvalue weighted by molar-refractivity contribution is 0.631. The van der Waals surface area contributed by atoms with Crippen LogP contribution < -0.4 is 5.73 Å². The van der Waals surface area contributed by atoms with Gasteiger partial charge in [0.15, 0.2) is 0 Å². The molecular weight excluding hydrogens is 222 g/mol. The number of aromatic nitrogens is 4. The topological polar surface area (TPSA) is 69.6 Å². The fourth-order valence-corrected chi connectivity index (χ4v) is 2.33. The number of hydrogen-bond donors (Lipinski definition) is 1. The van der Waals surface area contributed by atoms with Crippen molar-refractivity contribution < 1.29 is 0 Å². The third-order valence-corrected chi connectivity index (χ3v) is 3.53. The van der Waals surface area contributed by atoms with Gasteiger partial charge in [-0.05, 0) is 25.4 Å². The maximum atomic E-state index is 6.13. The normalized spacial score (nSPS) is 12.9. The van der Waals surface area contributed by atoms with E-state index < -0.39 is 0 Å². The summed E-state index contributed by atoms with van der Waals surface area (Å²) in [5.41, 5.74) is 7.06. The lowest BCUT2D eigenvalue weighted by atomic mass is 10.1. The second-order valence-electron chi connectivity index (χ2n) is 3.66. The minimum absolute atomic E-state index is 0.0623. The van der Waals surface area contributed by atoms with Crippen molar-refractivity contribution in [2.75, 3.05) is 0 Å². The third kappa shape index (κ3) is 2.12. The van der Waals surface area contributed by atoms with Crippen LogP contribution in [0.25, 0.3) is 0 Å². The zero-order valence-corrected chi connectivity index (χ0v) is 10.2. The Labute approximate surface area is 98.5 Å². The highest BCUT2D eigenvalue weighted by Crippen LogP contribution is 2.20. The minimum Gasteiger partial charge on any atom is -0.335 e. The largest absolute Gasteiger partial charge is 0.335 e. The van der Waals surface area contributed by atoms with E-state index in [0.717, 1.165) is 29.4 Å². The molecule has 2 aromatic rings. The van der Waals surface area contributed by atoms with Gasteiger partial charge in [0.25, 0.3) is 0 Å². The van der Waals surface area contributed by atoms with E-state index in [4.69, 9.17) is 5.73 Å². The van der Waals surface area contributed by atoms with Crippen molar-refractivity contribution in [2.45, 2.75) is 32.9 Å². The van der Waals surface area contributed by atoms with Crippen molar-refractivity contribution in [1.82, 2.24) is 19.1 Å². The second-order valence-corrected chi connectivity index (χ2v) is 4.45. The summed E-state index contributed by atoms with van der Waals surface area (Å²) in [7, 11) is 0. The van der Waals surface area contributed by atoms with Crippen LogP contribution in [0.2, 0.25) is 0 Å². The number of rotatable bonds is 4. The van der Waals surface area contributed by atoms with Gasteiger partial charge in [-0.1, -0.05) is 4.49 Å². The van der Waals surface area contributed by atoms with Crippen LogP contribution in [-0.4, -0.2) is 19.1 Å². The van der Waals surface area contributed by atoms with Gasteiger partial charge in [0.2, 0.25) is 0 Å². The van der Waals surface area contributed by atoms with Gasteiger partial charge in [0, 0.05) is 31.4 Å². The van der Waals surface area contributed by atoms with Crippen LogP contribution in [0.1, 0.15) is 29.4 Å². The number of imidazole rings is 1. The number of nitrogens with two attached hydrogens (primary N) is 1. The van der Waals surface area contributed by atoms with Crippen LogP contribution in [0.4, 0.5) is 0 Å². The Balaban J connectivity index is 2.13. The van der Waals surface area contributed by atoms with Crippen molar-refractivity contribution in [2.24, 2.45) is 5.73 Å². The molecule has 86 valence electrons. The zero-order valence-electron chi connectivity index (χ0n) is 9.42. The molecule has 0 spiro atoms. The van der Waals surface area contributed by atoms with Crippen LogP contribution in [0.15, 0.2) is 12.4 Å². The average Bonchev–Trinajstić information content (AvgIpc) is 2.86. The highest BCUT2D eigenvalue weighted by molar-refractivity contribution is 7.05. The number of nitrogens with zero attached hydrogens (tertiary/aromatic N) is 4. The summed E-state index contributed by atoms with van der Waals surface area (Å²) in [5, 5.41) is 3.97. The quantitative estimate of drug-likeness (QED) is 0.870. The van der Waals surface area contributed by atoms with Crippen LogP contribution in [0.5, 0.6) is 0 Å². The molecule has 0 aliphatic rings. The van der Waals surface area contributed by atoms with Crippen molar-refractivity contribution in [3.05, 3.63) is 28.8 Å². The Morgan fingerprint density at radius 1 is 1.56 bits per heavy atom. The monoisotopic (exact) mass is 237 g/mol. The van der Waals surface area contributed by atoms with Crippen molar-refractivity contribution in [3.63, 3.8) is 0 Å². The average molecular weight is 237 g/mol. The number of aryl methyl sites for hydroxylation is 2. The zero-order chi connectivity index (χ0) is 11.5. The van der Waals surface area contributed by atoms with Gasteiger partial charge in [-0.15, -0.1) is 5.10 Å². The van der Waals surface area contributed by atoms with E-state index in [9.17, 15) is 0 Å². The molecule has 2 aromatic heterocycles. The summed E-state index contributed by atoms with van der Waals surface area (Å²) in [4.78, 5) is 5.36. The van der Waals surface area contributed by atoms with Crippen molar-refractivity contribution in [1.29, 1.82) is 0 Å². The molecule has 0 saturated carbocycles. The summed E-state index contributed by atoms with van der Waals surface area (Å²) >= 11 is 1.37. The van der Waals surface area contributed by atoms with Gasteiger partial charge in [-0.25, -0.2) is 4.98 Å². The van der Waals surface area contributed by atoms with Gasteiger partial charge in [0.05, 0.1) is 10.6 Å². The van der Waals surface area contributed by atoms with E-state index in [1.807, 2.05) is 19.3 Å². The Bertz CT molecular complexity index is 461. The van der Waals surface area contributed by atoms with Gasteiger partial charge >= 0.3 is 0 Å². The molecule has 0 radical (unpaired) electrons. The molecule has 0 fully saturated rings. The molecule has 1 atom stereocenters. The first kappa shape index (κ1) is 11.2. The molecule has 0 bridgehead atoms. The van der Waals surface area contributed by atoms with Gasteiger partial charge in [-0.2, -0.15) is 0 Å². The molecule has 5 nitrogen and oxygen atoms in total. The smallest absolute Gasteiger partial charge is 0.110 e. The number of hydrogen-bond acceptors (Lipinski definition) is 5. The minimum atomic E-state index is -0.0623. The Morgan fingerprint density at radius 2 is 2.38 bits per heavy atom. The SMILES string of the molecule is CCn1ccnc1CC(N)c1snnc1C. The fourth-order valence-electron chi connectivity index (χ4n) is 1.68. The predicted molar refractivity (Wildman–Crippen MR) is 63.2 cm³/mol. The van der Waals surface area contributed by atoms with Crippen LogP contribution in [0, 0.1) is 6.92 Å². The predicted octanol–water partition coefficient (Wildman–Crippen LogP) is 1.31. The van der Waals surface area contributed by atoms with E-state index in [-0.39, 0.29) is 6.04 Å². The fraction of sp³-hybridized carbons (Fsp3) is 0.500. The molecule has 0 aliphatic heterocycles. The first-order chi connectivity index (χ1) is 7.72. The molecule has 0 aromatic carbocycles. The lowest BCUT2D eigenvalue weighted by Crippen LogP contribution is -2.16. The molecule has 2 heterocycles. The molecule has 16 heavy (non-hydrogen) atoms. The second kappa shape index (κ2) is 4.71. The first-order valence-corrected chi connectivity index (χ1v) is 6.04. The Hall–Kier alpha value is -1.27. The van der Waals surface area contributed by atoms with Crippen LogP contribution >= 0.6 is 11.5 Å². The van der Waals surface area contributed by atoms with Crippen LogP contribution in [-0.2, 0) is 13.0 Å². The maximum absolute atomic E-state index is 6.13. The highest BCUT2D eigenvalue weighted by atomic mass is 32.1. The molecular formula is C10H15N5S. The van der Waals surface area contributed by atoms with Gasteiger partial charge in [-0.3, -0.25) is 0 Å². The van der Waals surface area contributed by atoms with E-state index >= 15 is 0 Å². The summed E-state index contributed by atoms with van der Waals surface area (Å²) in [6.07, 6.45) is 4.51. The molecule has 0 saturated heterocycles. The summed E-state index contributed by atoms with van der Waals surface area (Å²) in [6, 6.07) is -0.0623. The van der Waals surface area contributed by atoms with Crippen molar-refractivity contribution >= 4 is 11.5 Å². The summed E-state index contributed by atoms with van der Waals surface area (Å²) < 4.78 is 6.00. The Morgan fingerprint density at radius 3 is 3.00 bits per heavy atom. The Kier molecular flexibility index (Phi) is 3.31. The molecule has 6 heteroatoms. The summed E-state index contributed by atoms with van der Waals surface area (Å²) in [5.74, 6) is 1.02. The summed E-state index contributed by atoms with van der Waals surface area (Å²) in [6.45, 7) is 4.95. The highest BCUT2D eigenvalue weighted by Gasteiger charge is 2.15. The third-order valence-electron chi connectivity index (χ3n) is 2.57. The first-order valence-electron chi connectivity index (χ1n) is 5.26. The molecule has 1 unspecified atom stereocenters. The van der Waals surface area contributed by atoms with Gasteiger partial charge in [0.1, 0.15) is 5.82 Å². The molecule has 2 N–H and O–H groups in total. The van der Waals surface area contributed by atoms with E-state index in [0.29, 0.717) is 0 Å². The van der Waals surface area contributed by atoms with Crippen molar-refractivity contribution in [3.8, 4) is 0 Å². The van der Waals surface area contributed by atoms with Crippen LogP contribution in [0.3, 0.4) is 0 Å². The van der Waals surface area contributed by atoms with E-state index in [1.54, 1.807) is 0 Å². The van der Waals surface area contributed by atoms with E-state index in [2.05, 4.69) is 26.1 Å². The lowest BCUT2D eigenvalue weighted by Gasteiger charge is -2.10. The standard InChI is InChI=1S/C10H15N5S/c1-3-15-5-4-12-9(15)6-8(11)10-7(2)13-14-16-10/h4-5,8H,3,6,11H2,1-2H3. The molecule has 0 amide bonds. The van der Waals surface area contributed by atoms with E-state index in [1.165, 1.54) is 11.5 Å². The van der Waals surface area contributed by atoms with Gasteiger partial charge < -0.3 is 10.3 Å². The molecule has 0 aliphatic carbocycles.